The second-order valence-corrected chi connectivity index (χ2v) is 8.08. The summed E-state index contributed by atoms with van der Waals surface area (Å²) in [7, 11) is 0. The van der Waals surface area contributed by atoms with Crippen LogP contribution in [0.25, 0.3) is 5.70 Å². The van der Waals surface area contributed by atoms with Crippen LogP contribution < -0.4 is 16.5 Å². The molecule has 2 aliphatic rings. The average Bonchev–Trinajstić information content (AvgIpc) is 3.37. The van der Waals surface area contributed by atoms with Gasteiger partial charge in [0, 0.05) is 17.8 Å². The maximum absolute atomic E-state index is 8.43. The molecule has 7 heteroatoms. The van der Waals surface area contributed by atoms with Crippen molar-refractivity contribution in [3.8, 4) is 0 Å². The fourth-order valence-electron chi connectivity index (χ4n) is 3.04. The van der Waals surface area contributed by atoms with Crippen LogP contribution in [0.5, 0.6) is 0 Å². The van der Waals surface area contributed by atoms with Crippen molar-refractivity contribution < 1.29 is 0 Å². The Morgan fingerprint density at radius 2 is 2.14 bits per heavy atom. The fraction of sp³-hybridized carbons (Fsp3) is 0.318. The molecule has 0 saturated carbocycles. The molecule has 1 aliphatic heterocycles. The number of allylic oxidation sites excluding steroid dienone is 4. The van der Waals surface area contributed by atoms with Gasteiger partial charge in [-0.25, -0.2) is 4.99 Å². The molecule has 0 unspecified atom stereocenters. The van der Waals surface area contributed by atoms with Gasteiger partial charge in [-0.3, -0.25) is 5.41 Å². The fourth-order valence-corrected chi connectivity index (χ4v) is 3.74. The van der Waals surface area contributed by atoms with E-state index in [1.165, 1.54) is 24.2 Å². The van der Waals surface area contributed by atoms with Gasteiger partial charge in [0.2, 0.25) is 0 Å². The van der Waals surface area contributed by atoms with E-state index < -0.39 is 0 Å². The Labute approximate surface area is 176 Å². The molecule has 0 radical (unpaired) electrons. The number of amidine groups is 2. The Hall–Kier alpha value is -2.93. The minimum atomic E-state index is 0.243. The monoisotopic (exact) mass is 408 g/mol. The van der Waals surface area contributed by atoms with Gasteiger partial charge in [0.25, 0.3) is 0 Å². The van der Waals surface area contributed by atoms with Crippen LogP contribution in [-0.2, 0) is 0 Å². The maximum atomic E-state index is 8.43. The molecule has 29 heavy (non-hydrogen) atoms. The summed E-state index contributed by atoms with van der Waals surface area (Å²) in [5.74, 6) is 0.817. The van der Waals surface area contributed by atoms with Crippen LogP contribution in [0.15, 0.2) is 64.3 Å². The summed E-state index contributed by atoms with van der Waals surface area (Å²) in [6.07, 6.45) is 16.1. The Kier molecular flexibility index (Phi) is 7.58. The van der Waals surface area contributed by atoms with Gasteiger partial charge in [0.15, 0.2) is 0 Å². The van der Waals surface area contributed by atoms with E-state index >= 15 is 0 Å². The predicted octanol–water partition coefficient (Wildman–Crippen LogP) is 4.62. The first-order chi connectivity index (χ1) is 14.1. The highest BCUT2D eigenvalue weighted by Crippen LogP contribution is 2.24. The molecule has 3 rings (SSSR count). The third-order valence-electron chi connectivity index (χ3n) is 4.67. The lowest BCUT2D eigenvalue weighted by molar-refractivity contribution is 0.606. The van der Waals surface area contributed by atoms with Crippen LogP contribution in [0.1, 0.15) is 43.4 Å². The Balaban J connectivity index is 1.88. The van der Waals surface area contributed by atoms with Crippen molar-refractivity contribution in [2.24, 2.45) is 10.1 Å². The molecule has 0 amide bonds. The van der Waals surface area contributed by atoms with Crippen LogP contribution in [0.3, 0.4) is 0 Å². The normalized spacial score (nSPS) is 20.6. The number of thiophene rings is 1. The summed E-state index contributed by atoms with van der Waals surface area (Å²) in [6.45, 7) is 5.01. The molecule has 0 fully saturated rings. The lowest BCUT2D eigenvalue weighted by Crippen LogP contribution is -2.26. The average molecular weight is 409 g/mol. The number of nitrogens with one attached hydrogen (secondary N) is 3. The number of nitrogen functional groups attached to an aromatic ring is 1. The molecule has 2 heterocycles. The van der Waals surface area contributed by atoms with Gasteiger partial charge in [-0.1, -0.05) is 43.7 Å². The summed E-state index contributed by atoms with van der Waals surface area (Å²) in [5.41, 5.74) is 11.4. The van der Waals surface area contributed by atoms with E-state index in [2.05, 4.69) is 33.5 Å². The molecule has 0 saturated heterocycles. The smallest absolute Gasteiger partial charge is 0.150 e. The number of hydrogen-bond donors (Lipinski definition) is 4. The van der Waals surface area contributed by atoms with Crippen molar-refractivity contribution in [3.63, 3.8) is 0 Å². The van der Waals surface area contributed by atoms with E-state index in [1.807, 2.05) is 30.4 Å². The number of nitrogens with two attached hydrogens (primary N) is 1. The molecule has 152 valence electrons. The lowest BCUT2D eigenvalue weighted by Gasteiger charge is -2.13. The van der Waals surface area contributed by atoms with Crippen LogP contribution in [0.4, 0.5) is 5.00 Å². The second kappa shape index (κ2) is 10.6. The molecule has 0 aromatic carbocycles. The topological polar surface area (TPSA) is 98.6 Å². The number of anilines is 1. The van der Waals surface area contributed by atoms with Crippen molar-refractivity contribution in [2.75, 3.05) is 12.3 Å². The first kappa shape index (κ1) is 20.8. The van der Waals surface area contributed by atoms with Crippen molar-refractivity contribution >= 4 is 39.9 Å². The molecule has 1 aromatic heterocycles. The van der Waals surface area contributed by atoms with Gasteiger partial charge in [0.05, 0.1) is 16.1 Å². The zero-order chi connectivity index (χ0) is 20.5. The standard InChI is InChI=1S/C22H28N6S/c1-16(19-12-13-20(23)29-19)27-22(28-21(24)17-9-6-7-10-17)18-11-5-3-2-4-8-14-25-26-15-18/h6-7,9,11-13,15,25H,1-5,8,10,14,23H2,(H2,24,27,28)/b18-11+,26-15-. The van der Waals surface area contributed by atoms with Gasteiger partial charge < -0.3 is 16.5 Å². The summed E-state index contributed by atoms with van der Waals surface area (Å²) < 4.78 is 0. The molecule has 1 aliphatic carbocycles. The number of hydrazone groups is 1. The highest BCUT2D eigenvalue weighted by molar-refractivity contribution is 7.16. The molecule has 0 atom stereocenters. The maximum Gasteiger partial charge on any atom is 0.150 e. The third kappa shape index (κ3) is 6.29. The number of aliphatic imine (C=N–C) groups is 1. The van der Waals surface area contributed by atoms with Crippen molar-refractivity contribution in [1.82, 2.24) is 10.7 Å². The van der Waals surface area contributed by atoms with E-state index in [4.69, 9.17) is 11.1 Å². The van der Waals surface area contributed by atoms with Gasteiger partial charge in [-0.2, -0.15) is 5.10 Å². The Bertz CT molecular complexity index is 900. The van der Waals surface area contributed by atoms with Gasteiger partial charge >= 0.3 is 0 Å². The van der Waals surface area contributed by atoms with E-state index in [0.29, 0.717) is 11.5 Å². The summed E-state index contributed by atoms with van der Waals surface area (Å²) >= 11 is 1.47. The Morgan fingerprint density at radius 3 is 2.90 bits per heavy atom. The second-order valence-electron chi connectivity index (χ2n) is 6.97. The number of nitrogens with zero attached hydrogens (tertiary/aromatic N) is 2. The summed E-state index contributed by atoms with van der Waals surface area (Å²) in [5, 5.41) is 16.8. The minimum Gasteiger partial charge on any atom is -0.391 e. The lowest BCUT2D eigenvalue weighted by atomic mass is 10.1. The van der Waals surface area contributed by atoms with Crippen molar-refractivity contribution in [1.29, 1.82) is 5.41 Å². The molecule has 5 N–H and O–H groups in total. The van der Waals surface area contributed by atoms with E-state index in [-0.39, 0.29) is 5.84 Å². The van der Waals surface area contributed by atoms with E-state index in [9.17, 15) is 0 Å². The molecular formula is C22H28N6S. The van der Waals surface area contributed by atoms with Crippen LogP contribution in [0.2, 0.25) is 0 Å². The predicted molar refractivity (Wildman–Crippen MR) is 126 cm³/mol. The SMILES string of the molecule is C=C(NC(=N/C(=N)C1=CC=CC1)/C1=C/CCCCCCN/N=C\1)c1ccc(N)s1. The van der Waals surface area contributed by atoms with Gasteiger partial charge in [-0.15, -0.1) is 11.3 Å². The van der Waals surface area contributed by atoms with Crippen LogP contribution >= 0.6 is 11.3 Å². The van der Waals surface area contributed by atoms with E-state index in [0.717, 1.165) is 53.3 Å². The van der Waals surface area contributed by atoms with Gasteiger partial charge in [0.1, 0.15) is 11.7 Å². The van der Waals surface area contributed by atoms with Gasteiger partial charge in [-0.05, 0) is 43.4 Å². The molecule has 0 spiro atoms. The largest absolute Gasteiger partial charge is 0.391 e. The Morgan fingerprint density at radius 1 is 1.28 bits per heavy atom. The summed E-state index contributed by atoms with van der Waals surface area (Å²) in [6, 6.07) is 3.79. The number of rotatable bonds is 4. The highest BCUT2D eigenvalue weighted by Gasteiger charge is 2.13. The first-order valence-electron chi connectivity index (χ1n) is 9.95. The van der Waals surface area contributed by atoms with E-state index in [1.54, 1.807) is 6.21 Å². The molecule has 0 bridgehead atoms. The first-order valence-corrected chi connectivity index (χ1v) is 10.8. The quantitative estimate of drug-likeness (QED) is 0.432. The highest BCUT2D eigenvalue weighted by atomic mass is 32.1. The number of hydrogen-bond acceptors (Lipinski definition) is 5. The molecule has 6 nitrogen and oxygen atoms in total. The third-order valence-corrected chi connectivity index (χ3v) is 5.64. The zero-order valence-corrected chi connectivity index (χ0v) is 17.4. The molecular weight excluding hydrogens is 380 g/mol. The van der Waals surface area contributed by atoms with Crippen LogP contribution in [-0.4, -0.2) is 24.4 Å². The van der Waals surface area contributed by atoms with Crippen LogP contribution in [0, 0.1) is 5.41 Å². The minimum absolute atomic E-state index is 0.243. The molecule has 1 aromatic rings. The summed E-state index contributed by atoms with van der Waals surface area (Å²) in [4.78, 5) is 5.55. The van der Waals surface area contributed by atoms with Crippen molar-refractivity contribution in [2.45, 2.75) is 38.5 Å². The van der Waals surface area contributed by atoms with Crippen molar-refractivity contribution in [3.05, 3.63) is 59.0 Å². The zero-order valence-electron chi connectivity index (χ0n) is 16.6.